The highest BCUT2D eigenvalue weighted by atomic mass is 32.2. The second-order valence-corrected chi connectivity index (χ2v) is 6.87. The molecule has 0 aromatic heterocycles. The number of thioether (sulfide) groups is 1. The van der Waals surface area contributed by atoms with Gasteiger partial charge in [-0.3, -0.25) is 0 Å². The summed E-state index contributed by atoms with van der Waals surface area (Å²) in [7, 11) is 0. The fourth-order valence-corrected chi connectivity index (χ4v) is 3.50. The van der Waals surface area contributed by atoms with Gasteiger partial charge in [0.1, 0.15) is 0 Å². The van der Waals surface area contributed by atoms with Gasteiger partial charge in [0.15, 0.2) is 0 Å². The van der Waals surface area contributed by atoms with E-state index in [9.17, 15) is 0 Å². The second kappa shape index (κ2) is 6.63. The Hall–Kier alpha value is -0.470. The predicted octanol–water partition coefficient (Wildman–Crippen LogP) is 4.34. The zero-order chi connectivity index (χ0) is 13.0. The molecule has 0 spiro atoms. The minimum atomic E-state index is 0.200. The molecule has 1 aromatic carbocycles. The van der Waals surface area contributed by atoms with Crippen LogP contribution in [0, 0.1) is 5.92 Å². The Bertz CT molecular complexity index is 371. The van der Waals surface area contributed by atoms with Crippen LogP contribution < -0.4 is 5.73 Å². The third kappa shape index (κ3) is 3.52. The summed E-state index contributed by atoms with van der Waals surface area (Å²) in [6, 6.07) is 9.00. The highest BCUT2D eigenvalue weighted by Crippen LogP contribution is 2.39. The monoisotopic (exact) mass is 263 g/mol. The molecular weight excluding hydrogens is 238 g/mol. The van der Waals surface area contributed by atoms with Crippen molar-refractivity contribution >= 4 is 11.8 Å². The lowest BCUT2D eigenvalue weighted by Gasteiger charge is -2.29. The lowest BCUT2D eigenvalue weighted by atomic mass is 9.77. The van der Waals surface area contributed by atoms with Crippen LogP contribution in [0.1, 0.15) is 56.2 Å². The van der Waals surface area contributed by atoms with Crippen LogP contribution in [-0.2, 0) is 0 Å². The van der Waals surface area contributed by atoms with Gasteiger partial charge >= 0.3 is 0 Å². The van der Waals surface area contributed by atoms with Crippen molar-refractivity contribution in [1.29, 1.82) is 0 Å². The number of hydrogen-bond donors (Lipinski definition) is 1. The van der Waals surface area contributed by atoms with Gasteiger partial charge < -0.3 is 5.73 Å². The minimum Gasteiger partial charge on any atom is -0.323 e. The molecule has 1 aromatic rings. The first kappa shape index (κ1) is 14.0. The molecule has 0 saturated heterocycles. The maximum Gasteiger partial charge on any atom is 0.0389 e. The molecule has 1 saturated carbocycles. The minimum absolute atomic E-state index is 0.200. The van der Waals surface area contributed by atoms with Gasteiger partial charge in [0.05, 0.1) is 0 Å². The van der Waals surface area contributed by atoms with E-state index in [0.717, 1.165) is 17.6 Å². The Balaban J connectivity index is 1.98. The van der Waals surface area contributed by atoms with E-state index in [4.69, 9.17) is 5.73 Å². The van der Waals surface area contributed by atoms with Gasteiger partial charge in [0, 0.05) is 11.8 Å². The molecule has 2 N–H and O–H groups in total. The van der Waals surface area contributed by atoms with Crippen molar-refractivity contribution in [2.24, 2.45) is 11.7 Å². The third-order valence-corrected chi connectivity index (χ3v) is 5.19. The molecule has 1 unspecified atom stereocenters. The summed E-state index contributed by atoms with van der Waals surface area (Å²) in [5.74, 6) is 3.78. The Labute approximate surface area is 116 Å². The van der Waals surface area contributed by atoms with E-state index in [-0.39, 0.29) is 6.04 Å². The number of rotatable bonds is 6. The third-order valence-electron chi connectivity index (χ3n) is 3.69. The van der Waals surface area contributed by atoms with Crippen molar-refractivity contribution < 1.29 is 0 Å². The molecule has 1 fully saturated rings. The Morgan fingerprint density at radius 3 is 2.56 bits per heavy atom. The van der Waals surface area contributed by atoms with Crippen LogP contribution in [-0.4, -0.2) is 11.5 Å². The molecule has 2 rings (SSSR count). The summed E-state index contributed by atoms with van der Waals surface area (Å²) in [4.78, 5) is 0. The molecule has 0 amide bonds. The van der Waals surface area contributed by atoms with E-state index in [1.165, 1.54) is 36.1 Å². The summed E-state index contributed by atoms with van der Waals surface area (Å²) >= 11 is 1.99. The zero-order valence-electron chi connectivity index (χ0n) is 11.6. The van der Waals surface area contributed by atoms with E-state index in [0.29, 0.717) is 0 Å². The molecule has 1 atom stereocenters. The van der Waals surface area contributed by atoms with E-state index in [1.807, 2.05) is 11.8 Å². The fraction of sp³-hybridized carbons (Fsp3) is 0.625. The van der Waals surface area contributed by atoms with Gasteiger partial charge in [0.2, 0.25) is 0 Å². The van der Waals surface area contributed by atoms with E-state index in [1.54, 1.807) is 0 Å². The van der Waals surface area contributed by atoms with Crippen molar-refractivity contribution in [1.82, 2.24) is 0 Å². The summed E-state index contributed by atoms with van der Waals surface area (Å²) in [6.45, 7) is 4.53. The van der Waals surface area contributed by atoms with Crippen molar-refractivity contribution in [2.75, 3.05) is 11.5 Å². The SMILES string of the molecule is CC(C)CSCC(N)c1ccccc1C1CCC1. The van der Waals surface area contributed by atoms with Gasteiger partial charge in [0.25, 0.3) is 0 Å². The van der Waals surface area contributed by atoms with Crippen molar-refractivity contribution in [3.05, 3.63) is 35.4 Å². The van der Waals surface area contributed by atoms with Crippen LogP contribution in [0.5, 0.6) is 0 Å². The second-order valence-electron chi connectivity index (χ2n) is 5.79. The molecule has 0 heterocycles. The first-order chi connectivity index (χ1) is 8.68. The van der Waals surface area contributed by atoms with Gasteiger partial charge in [-0.05, 0) is 41.6 Å². The molecule has 2 heteroatoms. The van der Waals surface area contributed by atoms with Crippen molar-refractivity contribution in [2.45, 2.75) is 45.1 Å². The average Bonchev–Trinajstić information content (AvgIpc) is 2.27. The van der Waals surface area contributed by atoms with Crippen LogP contribution in [0.2, 0.25) is 0 Å². The highest BCUT2D eigenvalue weighted by molar-refractivity contribution is 7.99. The first-order valence-corrected chi connectivity index (χ1v) is 8.26. The van der Waals surface area contributed by atoms with Crippen LogP contribution in [0.15, 0.2) is 24.3 Å². The summed E-state index contributed by atoms with van der Waals surface area (Å²) in [6.07, 6.45) is 4.09. The predicted molar refractivity (Wildman–Crippen MR) is 82.1 cm³/mol. The molecule has 0 radical (unpaired) electrons. The van der Waals surface area contributed by atoms with Crippen LogP contribution in [0.4, 0.5) is 0 Å². The van der Waals surface area contributed by atoms with Crippen LogP contribution >= 0.6 is 11.8 Å². The molecule has 1 nitrogen and oxygen atoms in total. The van der Waals surface area contributed by atoms with Gasteiger partial charge in [-0.15, -0.1) is 0 Å². The standard InChI is InChI=1S/C16H25NS/c1-12(2)10-18-11-16(17)15-9-4-3-8-14(15)13-6-5-7-13/h3-4,8-9,12-13,16H,5-7,10-11,17H2,1-2H3. The molecular formula is C16H25NS. The van der Waals surface area contributed by atoms with Crippen molar-refractivity contribution in [3.8, 4) is 0 Å². The largest absolute Gasteiger partial charge is 0.323 e. The Morgan fingerprint density at radius 1 is 1.22 bits per heavy atom. The molecule has 1 aliphatic carbocycles. The van der Waals surface area contributed by atoms with Crippen LogP contribution in [0.3, 0.4) is 0 Å². The van der Waals surface area contributed by atoms with E-state index >= 15 is 0 Å². The molecule has 1 aliphatic rings. The normalized spacial score (nSPS) is 17.8. The number of nitrogens with two attached hydrogens (primary N) is 1. The van der Waals surface area contributed by atoms with E-state index in [2.05, 4.69) is 38.1 Å². The Kier molecular flexibility index (Phi) is 5.13. The van der Waals surface area contributed by atoms with Gasteiger partial charge in [-0.25, -0.2) is 0 Å². The first-order valence-electron chi connectivity index (χ1n) is 7.10. The average molecular weight is 263 g/mol. The lowest BCUT2D eigenvalue weighted by Crippen LogP contribution is -2.19. The number of hydrogen-bond acceptors (Lipinski definition) is 2. The molecule has 100 valence electrons. The summed E-state index contributed by atoms with van der Waals surface area (Å²) in [5, 5.41) is 0. The maximum atomic E-state index is 6.38. The maximum absolute atomic E-state index is 6.38. The van der Waals surface area contributed by atoms with E-state index < -0.39 is 0 Å². The fourth-order valence-electron chi connectivity index (χ4n) is 2.46. The molecule has 0 bridgehead atoms. The number of benzene rings is 1. The molecule has 0 aliphatic heterocycles. The highest BCUT2D eigenvalue weighted by Gasteiger charge is 2.23. The zero-order valence-corrected chi connectivity index (χ0v) is 12.4. The summed E-state index contributed by atoms with van der Waals surface area (Å²) < 4.78 is 0. The smallest absolute Gasteiger partial charge is 0.0389 e. The Morgan fingerprint density at radius 2 is 1.94 bits per heavy atom. The molecule has 18 heavy (non-hydrogen) atoms. The van der Waals surface area contributed by atoms with Gasteiger partial charge in [-0.2, -0.15) is 11.8 Å². The topological polar surface area (TPSA) is 26.0 Å². The summed E-state index contributed by atoms with van der Waals surface area (Å²) in [5.41, 5.74) is 9.28. The lowest BCUT2D eigenvalue weighted by molar-refractivity contribution is 0.416. The quantitative estimate of drug-likeness (QED) is 0.826. The van der Waals surface area contributed by atoms with Crippen molar-refractivity contribution in [3.63, 3.8) is 0 Å². The van der Waals surface area contributed by atoms with Crippen LogP contribution in [0.25, 0.3) is 0 Å². The van der Waals surface area contributed by atoms with Gasteiger partial charge in [-0.1, -0.05) is 44.5 Å².